The van der Waals surface area contributed by atoms with Gasteiger partial charge in [0.05, 0.1) is 12.1 Å². The third kappa shape index (κ3) is 30.8. The number of nitrogens with one attached hydrogen (secondary N) is 4. The number of carboxylic acids is 2. The lowest BCUT2D eigenvalue weighted by Gasteiger charge is -2.28. The first-order valence-electron chi connectivity index (χ1n) is 23.7. The molecule has 5 amide bonds. The van der Waals surface area contributed by atoms with E-state index in [1.54, 1.807) is 0 Å². The summed E-state index contributed by atoms with van der Waals surface area (Å²) in [5.74, 6) is -3.27. The Bertz CT molecular complexity index is 1260. The van der Waals surface area contributed by atoms with Gasteiger partial charge in [0.2, 0.25) is 29.5 Å². The van der Waals surface area contributed by atoms with Crippen molar-refractivity contribution in [3.63, 3.8) is 0 Å². The van der Waals surface area contributed by atoms with E-state index in [2.05, 4.69) is 21.3 Å². The van der Waals surface area contributed by atoms with Crippen LogP contribution in [0.15, 0.2) is 0 Å². The van der Waals surface area contributed by atoms with Gasteiger partial charge in [-0.05, 0) is 89.4 Å². The van der Waals surface area contributed by atoms with Gasteiger partial charge in [0.1, 0.15) is 6.04 Å². The minimum atomic E-state index is -1.19. The Balaban J connectivity index is 2.06. The van der Waals surface area contributed by atoms with Crippen LogP contribution in [0.25, 0.3) is 0 Å². The normalized spacial score (nSPS) is 16.5. The van der Waals surface area contributed by atoms with Crippen LogP contribution < -0.4 is 38.5 Å². The first-order valence-corrected chi connectivity index (χ1v) is 23.7. The minimum absolute atomic E-state index is 0.0306. The van der Waals surface area contributed by atoms with Gasteiger partial charge in [0, 0.05) is 44.8 Å². The second kappa shape index (κ2) is 35.8. The molecule has 1 saturated carbocycles. The number of hydrogen-bond acceptors (Lipinski definition) is 9. The summed E-state index contributed by atoms with van der Waals surface area (Å²) in [6.07, 6.45) is 25.7. The lowest BCUT2D eigenvalue weighted by Crippen LogP contribution is -2.45. The molecule has 0 unspecified atom stereocenters. The standard InChI is InChI=1S/C45H83N7O9/c46-36(42(48)57)21-17-20-32-50-44(59)37(47)22-18-19-31-49-40(54)30-29-38(45(60)61)52-43(58)35-27-25-34(26-28-35)33-51-39(53)23-15-13-11-9-7-5-3-1-2-4-6-8-10-12-14-16-24-41(55)56/h34-38H,1-33,46-47H2,(H2,48,57)(H,49,54)(H,50,59)(H,51,53)(H,52,58)(H,55,56)(H,60,61)/t34?,35?,36-,37-,38-/m0/s1. The molecular weight excluding hydrogens is 783 g/mol. The summed E-state index contributed by atoms with van der Waals surface area (Å²) in [4.78, 5) is 83.3. The first-order chi connectivity index (χ1) is 29.3. The van der Waals surface area contributed by atoms with Crippen molar-refractivity contribution in [3.8, 4) is 0 Å². The molecule has 1 rings (SSSR count). The van der Waals surface area contributed by atoms with E-state index in [-0.39, 0.29) is 42.4 Å². The number of primary amides is 1. The molecule has 16 heteroatoms. The lowest BCUT2D eigenvalue weighted by molar-refractivity contribution is -0.143. The van der Waals surface area contributed by atoms with Crippen LogP contribution in [-0.4, -0.2) is 89.4 Å². The highest BCUT2D eigenvalue weighted by molar-refractivity contribution is 5.86. The number of carbonyl (C=O) groups is 7. The zero-order valence-corrected chi connectivity index (χ0v) is 37.2. The molecule has 0 aliphatic heterocycles. The molecule has 0 saturated heterocycles. The van der Waals surface area contributed by atoms with Crippen LogP contribution in [0, 0.1) is 11.8 Å². The van der Waals surface area contributed by atoms with Gasteiger partial charge in [0.25, 0.3) is 0 Å². The minimum Gasteiger partial charge on any atom is -0.481 e. The van der Waals surface area contributed by atoms with E-state index >= 15 is 0 Å². The van der Waals surface area contributed by atoms with Crippen LogP contribution in [0.5, 0.6) is 0 Å². The van der Waals surface area contributed by atoms with Crippen molar-refractivity contribution < 1.29 is 43.8 Å². The Morgan fingerprint density at radius 3 is 1.46 bits per heavy atom. The van der Waals surface area contributed by atoms with Crippen molar-refractivity contribution in [2.75, 3.05) is 19.6 Å². The van der Waals surface area contributed by atoms with E-state index in [0.717, 1.165) is 51.4 Å². The van der Waals surface area contributed by atoms with Gasteiger partial charge in [-0.1, -0.05) is 89.9 Å². The number of nitrogens with two attached hydrogens (primary N) is 3. The monoisotopic (exact) mass is 866 g/mol. The molecule has 0 radical (unpaired) electrons. The molecule has 0 bridgehead atoms. The molecule has 0 spiro atoms. The summed E-state index contributed by atoms with van der Waals surface area (Å²) in [6.45, 7) is 1.36. The summed E-state index contributed by atoms with van der Waals surface area (Å²) < 4.78 is 0. The van der Waals surface area contributed by atoms with Crippen LogP contribution in [0.2, 0.25) is 0 Å². The molecular formula is C45H83N7O9. The van der Waals surface area contributed by atoms with Crippen molar-refractivity contribution in [2.45, 2.75) is 211 Å². The van der Waals surface area contributed by atoms with Crippen LogP contribution in [-0.2, 0) is 33.6 Å². The average Bonchev–Trinajstić information content (AvgIpc) is 3.23. The summed E-state index contributed by atoms with van der Waals surface area (Å²) >= 11 is 0. The molecule has 0 heterocycles. The van der Waals surface area contributed by atoms with Crippen LogP contribution in [0.1, 0.15) is 193 Å². The highest BCUT2D eigenvalue weighted by atomic mass is 16.4. The molecule has 61 heavy (non-hydrogen) atoms. The maximum Gasteiger partial charge on any atom is 0.326 e. The Hall–Kier alpha value is -3.79. The maximum absolute atomic E-state index is 12.9. The molecule has 12 N–H and O–H groups in total. The molecule has 1 aliphatic carbocycles. The number of carbonyl (C=O) groups excluding carboxylic acids is 5. The SMILES string of the molecule is NC(=O)[C@@H](N)CCCCNC(=O)[C@@H](N)CCCCNC(=O)CC[C@H](NC(=O)C1CCC(CNC(=O)CCCCCCCCCCCCCCCCCCC(=O)O)CC1)C(=O)O. The van der Waals surface area contributed by atoms with Gasteiger partial charge in [0.15, 0.2) is 0 Å². The van der Waals surface area contributed by atoms with E-state index < -0.39 is 36.0 Å². The van der Waals surface area contributed by atoms with Crippen LogP contribution in [0.3, 0.4) is 0 Å². The fourth-order valence-electron chi connectivity index (χ4n) is 7.75. The second-order valence-corrected chi connectivity index (χ2v) is 17.3. The molecule has 1 aliphatic rings. The molecule has 0 aromatic rings. The number of hydrogen-bond donors (Lipinski definition) is 9. The second-order valence-electron chi connectivity index (χ2n) is 17.3. The zero-order valence-electron chi connectivity index (χ0n) is 37.2. The van der Waals surface area contributed by atoms with E-state index in [9.17, 15) is 38.7 Å². The number of aliphatic carboxylic acids is 2. The third-order valence-corrected chi connectivity index (χ3v) is 11.8. The van der Waals surface area contributed by atoms with Crippen LogP contribution >= 0.6 is 0 Å². The molecule has 1 fully saturated rings. The Labute approximate surface area is 365 Å². The fourth-order valence-corrected chi connectivity index (χ4v) is 7.75. The van der Waals surface area contributed by atoms with Gasteiger partial charge in [-0.2, -0.15) is 0 Å². The lowest BCUT2D eigenvalue weighted by atomic mass is 9.81. The summed E-state index contributed by atoms with van der Waals surface area (Å²) in [7, 11) is 0. The Kier molecular flexibility index (Phi) is 32.4. The number of amides is 5. The predicted molar refractivity (Wildman–Crippen MR) is 237 cm³/mol. The van der Waals surface area contributed by atoms with Gasteiger partial charge < -0.3 is 48.7 Å². The molecule has 3 atom stereocenters. The summed E-state index contributed by atoms with van der Waals surface area (Å²) in [6, 6.07) is -2.54. The Morgan fingerprint density at radius 1 is 0.508 bits per heavy atom. The molecule has 352 valence electrons. The number of carboxylic acid groups (broad SMARTS) is 2. The average molecular weight is 866 g/mol. The van der Waals surface area contributed by atoms with E-state index in [1.807, 2.05) is 0 Å². The summed E-state index contributed by atoms with van der Waals surface area (Å²) in [5, 5.41) is 29.6. The topological polar surface area (TPSA) is 286 Å². The highest BCUT2D eigenvalue weighted by Gasteiger charge is 2.30. The van der Waals surface area contributed by atoms with Crippen molar-refractivity contribution in [3.05, 3.63) is 0 Å². The number of unbranched alkanes of at least 4 members (excludes halogenated alkanes) is 17. The quantitative estimate of drug-likeness (QED) is 0.0368. The first kappa shape index (κ1) is 55.2. The zero-order chi connectivity index (χ0) is 45.1. The van der Waals surface area contributed by atoms with Crippen molar-refractivity contribution in [1.82, 2.24) is 21.3 Å². The molecule has 0 aromatic heterocycles. The summed E-state index contributed by atoms with van der Waals surface area (Å²) in [5.41, 5.74) is 16.7. The fraction of sp³-hybridized carbons (Fsp3) is 0.844. The smallest absolute Gasteiger partial charge is 0.326 e. The Morgan fingerprint density at radius 2 is 0.967 bits per heavy atom. The molecule has 0 aromatic carbocycles. The third-order valence-electron chi connectivity index (χ3n) is 11.8. The van der Waals surface area contributed by atoms with Crippen LogP contribution in [0.4, 0.5) is 0 Å². The molecule has 16 nitrogen and oxygen atoms in total. The van der Waals surface area contributed by atoms with Gasteiger partial charge in [-0.15, -0.1) is 0 Å². The van der Waals surface area contributed by atoms with Gasteiger partial charge in [-0.3, -0.25) is 28.8 Å². The highest BCUT2D eigenvalue weighted by Crippen LogP contribution is 2.29. The largest absolute Gasteiger partial charge is 0.481 e. The van der Waals surface area contributed by atoms with E-state index in [0.29, 0.717) is 89.8 Å². The maximum atomic E-state index is 12.9. The van der Waals surface area contributed by atoms with Crippen molar-refractivity contribution in [1.29, 1.82) is 0 Å². The van der Waals surface area contributed by atoms with Gasteiger partial charge in [-0.25, -0.2) is 4.79 Å². The van der Waals surface area contributed by atoms with E-state index in [4.69, 9.17) is 22.3 Å². The van der Waals surface area contributed by atoms with Crippen molar-refractivity contribution in [2.24, 2.45) is 29.0 Å². The van der Waals surface area contributed by atoms with Crippen molar-refractivity contribution >= 4 is 41.5 Å². The van der Waals surface area contributed by atoms with Gasteiger partial charge >= 0.3 is 11.9 Å². The van der Waals surface area contributed by atoms with E-state index in [1.165, 1.54) is 64.2 Å². The number of rotatable bonds is 39. The predicted octanol–water partition coefficient (Wildman–Crippen LogP) is 5.08.